The minimum Gasteiger partial charge on any atom is -0.310 e. The molecule has 0 radical (unpaired) electrons. The molecule has 0 aliphatic carbocycles. The van der Waals surface area contributed by atoms with Crippen LogP contribution >= 0.6 is 0 Å². The fourth-order valence-electron chi connectivity index (χ4n) is 2.23. The highest BCUT2D eigenvalue weighted by Gasteiger charge is 2.15. The molecule has 0 bridgehead atoms. The molecule has 2 rings (SSSR count). The smallest absolute Gasteiger partial charge is 0.148 e. The summed E-state index contributed by atoms with van der Waals surface area (Å²) in [5, 5.41) is 7.67. The summed E-state index contributed by atoms with van der Waals surface area (Å²) in [4.78, 5) is 4.29. The number of hydrogen-bond acceptors (Lipinski definition) is 3. The molecule has 0 amide bonds. The van der Waals surface area contributed by atoms with E-state index in [2.05, 4.69) is 15.4 Å². The van der Waals surface area contributed by atoms with Crippen molar-refractivity contribution < 1.29 is 4.39 Å². The molecule has 0 fully saturated rings. The van der Waals surface area contributed by atoms with Crippen LogP contribution in [0.4, 0.5) is 4.39 Å². The highest BCUT2D eigenvalue weighted by atomic mass is 19.1. The number of rotatable bonds is 4. The Hall–Kier alpha value is -1.75. The predicted octanol–water partition coefficient (Wildman–Crippen LogP) is 2.69. The maximum Gasteiger partial charge on any atom is 0.148 e. The summed E-state index contributed by atoms with van der Waals surface area (Å²) in [6, 6.07) is 4.81. The highest BCUT2D eigenvalue weighted by Crippen LogP contribution is 2.23. The van der Waals surface area contributed by atoms with Crippen molar-refractivity contribution in [1.82, 2.24) is 20.1 Å². The van der Waals surface area contributed by atoms with Crippen LogP contribution in [-0.2, 0) is 0 Å². The highest BCUT2D eigenvalue weighted by molar-refractivity contribution is 5.43. The molecule has 0 aliphatic heterocycles. The Kier molecular flexibility index (Phi) is 3.95. The summed E-state index contributed by atoms with van der Waals surface area (Å²) >= 11 is 0. The minimum absolute atomic E-state index is 0.0552. The molecule has 102 valence electrons. The molecule has 1 aromatic carbocycles. The quantitative estimate of drug-likeness (QED) is 0.921. The first-order valence-corrected chi connectivity index (χ1v) is 6.46. The third-order valence-electron chi connectivity index (χ3n) is 3.07. The van der Waals surface area contributed by atoms with Crippen molar-refractivity contribution in [1.29, 1.82) is 0 Å². The van der Waals surface area contributed by atoms with Crippen LogP contribution in [0.5, 0.6) is 0 Å². The normalized spacial score (nSPS) is 12.7. The summed E-state index contributed by atoms with van der Waals surface area (Å²) < 4.78 is 15.3. The van der Waals surface area contributed by atoms with Crippen molar-refractivity contribution in [3.63, 3.8) is 0 Å². The molecule has 19 heavy (non-hydrogen) atoms. The molecule has 1 N–H and O–H groups in total. The number of halogens is 1. The predicted molar refractivity (Wildman–Crippen MR) is 72.9 cm³/mol. The second kappa shape index (κ2) is 5.48. The van der Waals surface area contributed by atoms with Gasteiger partial charge in [0, 0.05) is 6.04 Å². The largest absolute Gasteiger partial charge is 0.310 e. The first-order chi connectivity index (χ1) is 9.02. The molecule has 4 nitrogen and oxygen atoms in total. The third-order valence-corrected chi connectivity index (χ3v) is 3.07. The molecule has 5 heteroatoms. The number of hydrogen-bond donors (Lipinski definition) is 1. The van der Waals surface area contributed by atoms with Crippen LogP contribution in [-0.4, -0.2) is 21.3 Å². The van der Waals surface area contributed by atoms with Gasteiger partial charge in [0.1, 0.15) is 17.5 Å². The van der Waals surface area contributed by atoms with Gasteiger partial charge in [0.05, 0.1) is 5.69 Å². The Labute approximate surface area is 112 Å². The van der Waals surface area contributed by atoms with E-state index in [1.54, 1.807) is 16.8 Å². The maximum absolute atomic E-state index is 13.5. The topological polar surface area (TPSA) is 42.7 Å². The summed E-state index contributed by atoms with van der Waals surface area (Å²) in [7, 11) is 0. The standard InChI is InChI=1S/C14H19FN4/c1-5-16-9(2)13-8-12(15)6-7-14(13)19-11(4)17-10(3)18-19/h6-9,16H,5H2,1-4H3. The Morgan fingerprint density at radius 1 is 1.37 bits per heavy atom. The Morgan fingerprint density at radius 2 is 2.11 bits per heavy atom. The molecular weight excluding hydrogens is 243 g/mol. The monoisotopic (exact) mass is 262 g/mol. The van der Waals surface area contributed by atoms with Crippen LogP contribution in [0, 0.1) is 19.7 Å². The SMILES string of the molecule is CCNC(C)c1cc(F)ccc1-n1nc(C)nc1C. The van der Waals surface area contributed by atoms with E-state index in [9.17, 15) is 4.39 Å². The second-order valence-corrected chi connectivity index (χ2v) is 4.60. The molecule has 0 spiro atoms. The van der Waals surface area contributed by atoms with Gasteiger partial charge in [0.25, 0.3) is 0 Å². The zero-order valence-corrected chi connectivity index (χ0v) is 11.7. The average molecular weight is 262 g/mol. The van der Waals surface area contributed by atoms with E-state index in [1.807, 2.05) is 27.7 Å². The van der Waals surface area contributed by atoms with Crippen molar-refractivity contribution in [3.8, 4) is 5.69 Å². The summed E-state index contributed by atoms with van der Waals surface area (Å²) in [5.74, 6) is 1.27. The van der Waals surface area contributed by atoms with Gasteiger partial charge in [0.15, 0.2) is 0 Å². The lowest BCUT2D eigenvalue weighted by Gasteiger charge is -2.17. The van der Waals surface area contributed by atoms with Crippen molar-refractivity contribution in [3.05, 3.63) is 41.2 Å². The van der Waals surface area contributed by atoms with Gasteiger partial charge >= 0.3 is 0 Å². The molecule has 1 unspecified atom stereocenters. The number of aryl methyl sites for hydroxylation is 2. The fourth-order valence-corrected chi connectivity index (χ4v) is 2.23. The first-order valence-electron chi connectivity index (χ1n) is 6.46. The zero-order valence-electron chi connectivity index (χ0n) is 11.7. The molecule has 0 aliphatic rings. The Balaban J connectivity index is 2.53. The molecule has 2 aromatic rings. The van der Waals surface area contributed by atoms with Gasteiger partial charge in [-0.25, -0.2) is 14.1 Å². The van der Waals surface area contributed by atoms with Gasteiger partial charge in [-0.3, -0.25) is 0 Å². The lowest BCUT2D eigenvalue weighted by atomic mass is 10.1. The van der Waals surface area contributed by atoms with Gasteiger partial charge < -0.3 is 5.32 Å². The number of benzene rings is 1. The van der Waals surface area contributed by atoms with E-state index >= 15 is 0 Å². The molecular formula is C14H19FN4. The van der Waals surface area contributed by atoms with Gasteiger partial charge in [-0.05, 0) is 51.1 Å². The van der Waals surface area contributed by atoms with Crippen LogP contribution < -0.4 is 5.32 Å². The van der Waals surface area contributed by atoms with E-state index < -0.39 is 0 Å². The molecule has 1 aromatic heterocycles. The molecule has 1 atom stereocenters. The van der Waals surface area contributed by atoms with Gasteiger partial charge in [0.2, 0.25) is 0 Å². The zero-order chi connectivity index (χ0) is 14.0. The van der Waals surface area contributed by atoms with E-state index in [1.165, 1.54) is 6.07 Å². The molecule has 1 heterocycles. The first kappa shape index (κ1) is 13.7. The second-order valence-electron chi connectivity index (χ2n) is 4.60. The molecule has 0 saturated carbocycles. The van der Waals surface area contributed by atoms with Crippen LogP contribution in [0.2, 0.25) is 0 Å². The Morgan fingerprint density at radius 3 is 2.68 bits per heavy atom. The fraction of sp³-hybridized carbons (Fsp3) is 0.429. The van der Waals surface area contributed by atoms with E-state index in [0.29, 0.717) is 5.82 Å². The summed E-state index contributed by atoms with van der Waals surface area (Å²) in [6.45, 7) is 8.61. The average Bonchev–Trinajstić information content (AvgIpc) is 2.68. The van der Waals surface area contributed by atoms with Crippen molar-refractivity contribution in [2.45, 2.75) is 33.7 Å². The summed E-state index contributed by atoms with van der Waals surface area (Å²) in [5.41, 5.74) is 1.75. The van der Waals surface area contributed by atoms with Gasteiger partial charge in [-0.1, -0.05) is 6.92 Å². The van der Waals surface area contributed by atoms with Gasteiger partial charge in [-0.15, -0.1) is 0 Å². The Bertz CT molecular complexity index is 577. The van der Waals surface area contributed by atoms with Crippen molar-refractivity contribution in [2.24, 2.45) is 0 Å². The van der Waals surface area contributed by atoms with E-state index in [-0.39, 0.29) is 11.9 Å². The summed E-state index contributed by atoms with van der Waals surface area (Å²) in [6.07, 6.45) is 0. The van der Waals surface area contributed by atoms with E-state index in [4.69, 9.17) is 0 Å². The van der Waals surface area contributed by atoms with Crippen LogP contribution in [0.25, 0.3) is 5.69 Å². The lowest BCUT2D eigenvalue weighted by Crippen LogP contribution is -2.20. The van der Waals surface area contributed by atoms with Gasteiger partial charge in [-0.2, -0.15) is 5.10 Å². The number of aromatic nitrogens is 3. The lowest BCUT2D eigenvalue weighted by molar-refractivity contribution is 0.577. The van der Waals surface area contributed by atoms with Crippen LogP contribution in [0.1, 0.15) is 37.1 Å². The van der Waals surface area contributed by atoms with Crippen molar-refractivity contribution >= 4 is 0 Å². The van der Waals surface area contributed by atoms with E-state index in [0.717, 1.165) is 23.6 Å². The van der Waals surface area contributed by atoms with Crippen molar-refractivity contribution in [2.75, 3.05) is 6.54 Å². The molecule has 0 saturated heterocycles. The number of nitrogens with zero attached hydrogens (tertiary/aromatic N) is 3. The minimum atomic E-state index is -0.238. The third kappa shape index (κ3) is 2.81. The maximum atomic E-state index is 13.5. The van der Waals surface area contributed by atoms with Crippen LogP contribution in [0.15, 0.2) is 18.2 Å². The van der Waals surface area contributed by atoms with Crippen LogP contribution in [0.3, 0.4) is 0 Å². The number of nitrogens with one attached hydrogen (secondary N) is 1.